The minimum absolute atomic E-state index is 0.0202. The summed E-state index contributed by atoms with van der Waals surface area (Å²) in [7, 11) is 1.59. The molecule has 1 amide bonds. The zero-order chi connectivity index (χ0) is 15.7. The number of methoxy groups -OCH3 is 1. The van der Waals surface area contributed by atoms with Crippen LogP contribution in [0.25, 0.3) is 0 Å². The lowest BCUT2D eigenvalue weighted by atomic mass is 10.1. The molecule has 0 spiro atoms. The zero-order valence-electron chi connectivity index (χ0n) is 12.2. The zero-order valence-corrected chi connectivity index (χ0v) is 13.0. The maximum atomic E-state index is 12.6. The van der Waals surface area contributed by atoms with Crippen molar-refractivity contribution in [3.63, 3.8) is 0 Å². The number of amides is 1. The first-order valence-electron chi connectivity index (χ1n) is 6.80. The summed E-state index contributed by atoms with van der Waals surface area (Å²) < 4.78 is 5.19. The number of ether oxygens (including phenoxy) is 1. The molecule has 0 saturated heterocycles. The van der Waals surface area contributed by atoms with Crippen LogP contribution in [0.3, 0.4) is 0 Å². The van der Waals surface area contributed by atoms with Gasteiger partial charge in [0.05, 0.1) is 13.7 Å². The number of nitrogens with zero attached hydrogens (tertiary/aromatic N) is 1. The third-order valence-electron chi connectivity index (χ3n) is 3.64. The Kier molecular flexibility index (Phi) is 3.81. The molecule has 112 valence electrons. The third-order valence-corrected chi connectivity index (χ3v) is 4.41. The molecule has 0 atom stereocenters. The normalized spacial score (nSPS) is 13.1. The molecule has 3 rings (SSSR count). The molecule has 0 saturated carbocycles. The number of anilines is 2. The second-order valence-electron chi connectivity index (χ2n) is 4.92. The average molecular weight is 312 g/mol. The molecule has 4 nitrogen and oxygen atoms in total. The van der Waals surface area contributed by atoms with Crippen LogP contribution in [-0.4, -0.2) is 13.0 Å². The Hall–Kier alpha value is -2.40. The van der Waals surface area contributed by atoms with Crippen LogP contribution in [0.1, 0.15) is 15.9 Å². The van der Waals surface area contributed by atoms with E-state index in [0.29, 0.717) is 23.5 Å². The molecule has 22 heavy (non-hydrogen) atoms. The second kappa shape index (κ2) is 5.77. The highest BCUT2D eigenvalue weighted by Gasteiger charge is 2.29. The summed E-state index contributed by atoms with van der Waals surface area (Å²) in [6.45, 7) is 4.26. The largest absolute Gasteiger partial charge is 0.497 e. The van der Waals surface area contributed by atoms with Gasteiger partial charge in [-0.15, -0.1) is 0 Å². The van der Waals surface area contributed by atoms with Crippen molar-refractivity contribution < 1.29 is 9.53 Å². The van der Waals surface area contributed by atoms with Crippen molar-refractivity contribution in [3.8, 4) is 5.75 Å². The number of carbonyl (C=O) groups is 1. The Morgan fingerprint density at radius 3 is 2.86 bits per heavy atom. The fourth-order valence-corrected chi connectivity index (χ4v) is 3.07. The Bertz CT molecular complexity index is 758. The van der Waals surface area contributed by atoms with E-state index in [4.69, 9.17) is 10.5 Å². The number of benzene rings is 2. The third kappa shape index (κ3) is 2.44. The fraction of sp³-hybridized carbons (Fsp3) is 0.118. The minimum Gasteiger partial charge on any atom is -0.497 e. The van der Waals surface area contributed by atoms with Gasteiger partial charge in [-0.25, -0.2) is 0 Å². The van der Waals surface area contributed by atoms with Crippen LogP contribution in [0.5, 0.6) is 5.75 Å². The van der Waals surface area contributed by atoms with Crippen LogP contribution in [0.15, 0.2) is 53.3 Å². The van der Waals surface area contributed by atoms with E-state index in [1.165, 1.54) is 11.8 Å². The average Bonchev–Trinajstić information content (AvgIpc) is 2.86. The molecule has 2 aromatic carbocycles. The fourth-order valence-electron chi connectivity index (χ4n) is 2.50. The molecule has 5 heteroatoms. The number of hydrogen-bond donors (Lipinski definition) is 1. The van der Waals surface area contributed by atoms with Gasteiger partial charge in [0, 0.05) is 21.8 Å². The molecule has 0 unspecified atom stereocenters. The molecule has 0 fully saturated rings. The summed E-state index contributed by atoms with van der Waals surface area (Å²) in [4.78, 5) is 15.3. The van der Waals surface area contributed by atoms with Gasteiger partial charge in [0.15, 0.2) is 0 Å². The smallest absolute Gasteiger partial charge is 0.259 e. The van der Waals surface area contributed by atoms with Crippen LogP contribution < -0.4 is 15.4 Å². The van der Waals surface area contributed by atoms with E-state index in [1.807, 2.05) is 30.3 Å². The number of rotatable bonds is 4. The Morgan fingerprint density at radius 2 is 2.14 bits per heavy atom. The highest BCUT2D eigenvalue weighted by Crippen LogP contribution is 2.35. The number of hydrogen-bond acceptors (Lipinski definition) is 4. The van der Waals surface area contributed by atoms with Gasteiger partial charge in [0.1, 0.15) is 5.75 Å². The van der Waals surface area contributed by atoms with Crippen LogP contribution in [0, 0.1) is 0 Å². The van der Waals surface area contributed by atoms with Crippen molar-refractivity contribution in [2.75, 3.05) is 17.7 Å². The molecule has 1 aliphatic heterocycles. The highest BCUT2D eigenvalue weighted by atomic mass is 32.2. The van der Waals surface area contributed by atoms with Gasteiger partial charge < -0.3 is 15.4 Å². The lowest BCUT2D eigenvalue weighted by Crippen LogP contribution is -2.23. The molecule has 2 N–H and O–H groups in total. The van der Waals surface area contributed by atoms with Crippen molar-refractivity contribution in [2.24, 2.45) is 0 Å². The Balaban J connectivity index is 1.96. The number of carbonyl (C=O) groups excluding carboxylic acids is 1. The van der Waals surface area contributed by atoms with Crippen LogP contribution in [0.2, 0.25) is 0 Å². The van der Waals surface area contributed by atoms with Gasteiger partial charge in [-0.3, -0.25) is 4.79 Å². The van der Waals surface area contributed by atoms with E-state index in [2.05, 4.69) is 6.58 Å². The lowest BCUT2D eigenvalue weighted by Gasteiger charge is -2.17. The van der Waals surface area contributed by atoms with E-state index >= 15 is 0 Å². The maximum absolute atomic E-state index is 12.6. The quantitative estimate of drug-likeness (QED) is 0.691. The second-order valence-corrected chi connectivity index (χ2v) is 5.93. The summed E-state index contributed by atoms with van der Waals surface area (Å²) in [5, 5.41) is 1.72. The molecule has 0 aliphatic carbocycles. The van der Waals surface area contributed by atoms with Gasteiger partial charge in [0.25, 0.3) is 5.91 Å². The maximum Gasteiger partial charge on any atom is 0.259 e. The number of thioether (sulfide) groups is 1. The molecule has 1 aliphatic rings. The molecule has 0 radical (unpaired) electrons. The standard InChI is InChI=1S/C17H16N2O2S/c1-3-22-16-8-12(5-7-15(16)18)19-10-11-4-6-13(21-2)9-14(11)17(19)20/h3-9H,1,10,18H2,2H3. The van der Waals surface area contributed by atoms with E-state index in [1.54, 1.807) is 23.5 Å². The lowest BCUT2D eigenvalue weighted by molar-refractivity contribution is 0.0996. The van der Waals surface area contributed by atoms with Crippen LogP contribution in [-0.2, 0) is 6.54 Å². The topological polar surface area (TPSA) is 55.6 Å². The first-order chi connectivity index (χ1) is 10.6. The molecule has 2 aromatic rings. The summed E-state index contributed by atoms with van der Waals surface area (Å²) >= 11 is 1.45. The highest BCUT2D eigenvalue weighted by molar-refractivity contribution is 8.02. The summed E-state index contributed by atoms with van der Waals surface area (Å²) in [6, 6.07) is 11.2. The van der Waals surface area contributed by atoms with Gasteiger partial charge >= 0.3 is 0 Å². The number of nitrogens with two attached hydrogens (primary N) is 1. The Morgan fingerprint density at radius 1 is 1.32 bits per heavy atom. The minimum atomic E-state index is -0.0202. The van der Waals surface area contributed by atoms with Crippen molar-refractivity contribution in [1.82, 2.24) is 0 Å². The van der Waals surface area contributed by atoms with Crippen LogP contribution in [0.4, 0.5) is 11.4 Å². The van der Waals surface area contributed by atoms with E-state index in [0.717, 1.165) is 16.1 Å². The Labute approximate surface area is 133 Å². The summed E-state index contributed by atoms with van der Waals surface area (Å²) in [5.74, 6) is 0.669. The molecular weight excluding hydrogens is 296 g/mol. The number of nitrogen functional groups attached to an aromatic ring is 1. The molecule has 1 heterocycles. The van der Waals surface area contributed by atoms with Gasteiger partial charge in [-0.1, -0.05) is 24.4 Å². The van der Waals surface area contributed by atoms with Crippen molar-refractivity contribution >= 4 is 29.0 Å². The molecule has 0 aromatic heterocycles. The van der Waals surface area contributed by atoms with Crippen molar-refractivity contribution in [3.05, 3.63) is 59.5 Å². The van der Waals surface area contributed by atoms with Crippen LogP contribution >= 0.6 is 11.8 Å². The summed E-state index contributed by atoms with van der Waals surface area (Å²) in [5.41, 5.74) is 9.14. The first kappa shape index (κ1) is 14.5. The van der Waals surface area contributed by atoms with Crippen molar-refractivity contribution in [1.29, 1.82) is 0 Å². The van der Waals surface area contributed by atoms with E-state index in [-0.39, 0.29) is 5.91 Å². The summed E-state index contributed by atoms with van der Waals surface area (Å²) in [6.07, 6.45) is 0. The predicted octanol–water partition coefficient (Wildman–Crippen LogP) is 3.67. The molecule has 0 bridgehead atoms. The van der Waals surface area contributed by atoms with E-state index < -0.39 is 0 Å². The monoisotopic (exact) mass is 312 g/mol. The predicted molar refractivity (Wildman–Crippen MR) is 90.4 cm³/mol. The van der Waals surface area contributed by atoms with Crippen molar-refractivity contribution in [2.45, 2.75) is 11.4 Å². The van der Waals surface area contributed by atoms with E-state index in [9.17, 15) is 4.79 Å². The van der Waals surface area contributed by atoms with Gasteiger partial charge in [-0.05, 0) is 41.3 Å². The van der Waals surface area contributed by atoms with Gasteiger partial charge in [-0.2, -0.15) is 0 Å². The number of fused-ring (bicyclic) bond motifs is 1. The van der Waals surface area contributed by atoms with Gasteiger partial charge in [0.2, 0.25) is 0 Å². The molecular formula is C17H16N2O2S. The SMILES string of the molecule is C=CSc1cc(N2Cc3ccc(OC)cc3C2=O)ccc1N. The first-order valence-corrected chi connectivity index (χ1v) is 7.68.